The number of carbonyl (C=O) groups excluding carboxylic acids is 1. The van der Waals surface area contributed by atoms with Crippen molar-refractivity contribution in [1.29, 1.82) is 0 Å². The Morgan fingerprint density at radius 1 is 1.06 bits per heavy atom. The molecule has 0 aliphatic carbocycles. The fourth-order valence-electron chi connectivity index (χ4n) is 3.33. The quantitative estimate of drug-likeness (QED) is 0.561. The summed E-state index contributed by atoms with van der Waals surface area (Å²) in [6.07, 6.45) is -2.35. The third-order valence-electron chi connectivity index (χ3n) is 4.93. The van der Waals surface area contributed by atoms with E-state index in [2.05, 4.69) is 20.6 Å². The second-order valence-electron chi connectivity index (χ2n) is 7.37. The van der Waals surface area contributed by atoms with Crippen molar-refractivity contribution in [3.05, 3.63) is 89.2 Å². The van der Waals surface area contributed by atoms with Gasteiger partial charge in [0.1, 0.15) is 23.0 Å². The molecule has 33 heavy (non-hydrogen) atoms. The number of aliphatic imine (C=N–C) groups is 1. The molecule has 1 aromatic heterocycles. The monoisotopic (exact) mass is 454 g/mol. The van der Waals surface area contributed by atoms with Gasteiger partial charge >= 0.3 is 6.18 Å². The Morgan fingerprint density at radius 2 is 1.88 bits per heavy atom. The Labute approximate surface area is 188 Å². The molecule has 4 rings (SSSR count). The van der Waals surface area contributed by atoms with Crippen LogP contribution in [0.5, 0.6) is 11.5 Å². The fraction of sp³-hybridized carbons (Fsp3) is 0.208. The van der Waals surface area contributed by atoms with E-state index in [1.165, 1.54) is 12.1 Å². The highest BCUT2D eigenvalue weighted by Gasteiger charge is 2.30. The van der Waals surface area contributed by atoms with Crippen LogP contribution in [0, 0.1) is 0 Å². The number of nitrogens with zero attached hydrogens (tertiary/aromatic N) is 2. The van der Waals surface area contributed by atoms with E-state index in [0.717, 1.165) is 30.1 Å². The van der Waals surface area contributed by atoms with Crippen LogP contribution in [0.15, 0.2) is 71.9 Å². The van der Waals surface area contributed by atoms with E-state index in [0.29, 0.717) is 30.2 Å². The molecule has 2 N–H and O–H groups in total. The van der Waals surface area contributed by atoms with Gasteiger partial charge in [0, 0.05) is 30.9 Å². The number of aromatic nitrogens is 1. The Kier molecular flexibility index (Phi) is 6.58. The summed E-state index contributed by atoms with van der Waals surface area (Å²) in [5.74, 6) is 1.42. The van der Waals surface area contributed by atoms with Crippen LogP contribution in [0.3, 0.4) is 0 Å². The summed E-state index contributed by atoms with van der Waals surface area (Å²) in [6, 6.07) is 15.3. The molecule has 0 radical (unpaired) electrons. The van der Waals surface area contributed by atoms with Gasteiger partial charge in [0.15, 0.2) is 0 Å². The van der Waals surface area contributed by atoms with Gasteiger partial charge in [-0.2, -0.15) is 13.2 Å². The second kappa shape index (κ2) is 9.72. The third kappa shape index (κ3) is 5.88. The number of amidine groups is 1. The minimum Gasteiger partial charge on any atom is -0.457 e. The van der Waals surface area contributed by atoms with Crippen molar-refractivity contribution < 1.29 is 22.7 Å². The molecule has 6 nitrogen and oxygen atoms in total. The first-order valence-electron chi connectivity index (χ1n) is 10.4. The first-order valence-corrected chi connectivity index (χ1v) is 10.4. The van der Waals surface area contributed by atoms with Gasteiger partial charge in [-0.1, -0.05) is 18.2 Å². The number of amides is 1. The molecule has 0 spiro atoms. The van der Waals surface area contributed by atoms with Crippen molar-refractivity contribution in [2.45, 2.75) is 12.6 Å². The number of nitrogens with one attached hydrogen (secondary N) is 2. The van der Waals surface area contributed by atoms with Crippen LogP contribution in [-0.2, 0) is 12.6 Å². The van der Waals surface area contributed by atoms with E-state index >= 15 is 0 Å². The smallest absolute Gasteiger partial charge is 0.416 e. The molecule has 1 amide bonds. The normalized spacial score (nSPS) is 13.2. The molecular weight excluding hydrogens is 433 g/mol. The average Bonchev–Trinajstić information content (AvgIpc) is 3.34. The van der Waals surface area contributed by atoms with Crippen molar-refractivity contribution >= 4 is 11.7 Å². The zero-order valence-electron chi connectivity index (χ0n) is 17.5. The molecule has 1 aliphatic heterocycles. The lowest BCUT2D eigenvalue weighted by Crippen LogP contribution is -2.26. The Bertz CT molecular complexity index is 1180. The van der Waals surface area contributed by atoms with Crippen molar-refractivity contribution in [3.63, 3.8) is 0 Å². The van der Waals surface area contributed by atoms with Gasteiger partial charge in [0.25, 0.3) is 5.91 Å². The molecule has 2 heterocycles. The topological polar surface area (TPSA) is 75.6 Å². The second-order valence-corrected chi connectivity index (χ2v) is 7.37. The first-order chi connectivity index (χ1) is 15.9. The SMILES string of the molecule is O=C(NCCc1cccc(Oc2ccnc(C3=NCCN3)c2)c1)c1cccc(C(F)(F)F)c1. The summed E-state index contributed by atoms with van der Waals surface area (Å²) >= 11 is 0. The highest BCUT2D eigenvalue weighted by Crippen LogP contribution is 2.29. The molecule has 3 aromatic rings. The van der Waals surface area contributed by atoms with Crippen LogP contribution in [0.2, 0.25) is 0 Å². The predicted molar refractivity (Wildman–Crippen MR) is 118 cm³/mol. The Hall–Kier alpha value is -3.88. The fourth-order valence-corrected chi connectivity index (χ4v) is 3.33. The molecule has 0 fully saturated rings. The molecule has 0 unspecified atom stereocenters. The highest BCUT2D eigenvalue weighted by molar-refractivity contribution is 5.98. The van der Waals surface area contributed by atoms with Crippen LogP contribution in [0.25, 0.3) is 0 Å². The molecule has 170 valence electrons. The molecule has 0 saturated heterocycles. The molecule has 0 atom stereocenters. The van der Waals surface area contributed by atoms with E-state index in [1.54, 1.807) is 18.3 Å². The minimum absolute atomic E-state index is 0.0308. The number of rotatable bonds is 7. The van der Waals surface area contributed by atoms with Crippen molar-refractivity contribution in [2.24, 2.45) is 4.99 Å². The maximum absolute atomic E-state index is 12.8. The lowest BCUT2D eigenvalue weighted by Gasteiger charge is -2.10. The molecule has 9 heteroatoms. The molecule has 1 aliphatic rings. The van der Waals surface area contributed by atoms with Crippen LogP contribution < -0.4 is 15.4 Å². The minimum atomic E-state index is -4.49. The standard InChI is InChI=1S/C24H21F3N4O2/c25-24(26,27)18-5-2-4-17(14-18)23(32)31-9-7-16-3-1-6-19(13-16)33-20-8-10-28-21(15-20)22-29-11-12-30-22/h1-6,8,10,13-15H,7,9,11-12H2,(H,29,30)(H,31,32). The largest absolute Gasteiger partial charge is 0.457 e. The van der Waals surface area contributed by atoms with Gasteiger partial charge in [-0.15, -0.1) is 0 Å². The lowest BCUT2D eigenvalue weighted by molar-refractivity contribution is -0.137. The van der Waals surface area contributed by atoms with E-state index in [4.69, 9.17) is 4.74 Å². The zero-order chi connectivity index (χ0) is 23.3. The average molecular weight is 454 g/mol. The molecule has 0 bridgehead atoms. The molecular formula is C24H21F3N4O2. The number of halogens is 3. The number of alkyl halides is 3. The maximum Gasteiger partial charge on any atom is 0.416 e. The van der Waals surface area contributed by atoms with Gasteiger partial charge in [-0.05, 0) is 48.4 Å². The lowest BCUT2D eigenvalue weighted by atomic mass is 10.1. The van der Waals surface area contributed by atoms with E-state index in [-0.39, 0.29) is 12.1 Å². The number of hydrogen-bond acceptors (Lipinski definition) is 5. The number of ether oxygens (including phenoxy) is 1. The Morgan fingerprint density at radius 3 is 2.67 bits per heavy atom. The van der Waals surface area contributed by atoms with Crippen LogP contribution in [-0.4, -0.2) is 36.4 Å². The van der Waals surface area contributed by atoms with E-state index in [1.807, 2.05) is 24.3 Å². The molecule has 2 aromatic carbocycles. The van der Waals surface area contributed by atoms with Crippen LogP contribution >= 0.6 is 0 Å². The number of benzene rings is 2. The van der Waals surface area contributed by atoms with Crippen LogP contribution in [0.4, 0.5) is 13.2 Å². The zero-order valence-corrected chi connectivity index (χ0v) is 17.5. The Balaban J connectivity index is 1.34. The summed E-state index contributed by atoms with van der Waals surface area (Å²) in [6.45, 7) is 1.77. The maximum atomic E-state index is 12.8. The number of pyridine rings is 1. The van der Waals surface area contributed by atoms with Crippen LogP contribution in [0.1, 0.15) is 27.2 Å². The predicted octanol–water partition coefficient (Wildman–Crippen LogP) is 4.22. The van der Waals surface area contributed by atoms with E-state index < -0.39 is 17.6 Å². The van der Waals surface area contributed by atoms with Gasteiger partial charge in [0.2, 0.25) is 0 Å². The third-order valence-corrected chi connectivity index (χ3v) is 4.93. The van der Waals surface area contributed by atoms with Gasteiger partial charge in [-0.25, -0.2) is 0 Å². The van der Waals surface area contributed by atoms with Gasteiger partial charge in [0.05, 0.1) is 12.1 Å². The number of hydrogen-bond donors (Lipinski definition) is 2. The summed E-state index contributed by atoms with van der Waals surface area (Å²) < 4.78 is 44.5. The van der Waals surface area contributed by atoms with Gasteiger partial charge < -0.3 is 15.4 Å². The summed E-state index contributed by atoms with van der Waals surface area (Å²) in [4.78, 5) is 20.9. The highest BCUT2D eigenvalue weighted by atomic mass is 19.4. The summed E-state index contributed by atoms with van der Waals surface area (Å²) in [5.41, 5.74) is 0.734. The van der Waals surface area contributed by atoms with Crippen molar-refractivity contribution in [2.75, 3.05) is 19.6 Å². The first kappa shape index (κ1) is 22.3. The van der Waals surface area contributed by atoms with E-state index in [9.17, 15) is 18.0 Å². The summed E-state index contributed by atoms with van der Waals surface area (Å²) in [5, 5.41) is 5.83. The molecule has 0 saturated carbocycles. The van der Waals surface area contributed by atoms with Crippen molar-refractivity contribution in [3.8, 4) is 11.5 Å². The summed E-state index contributed by atoms with van der Waals surface area (Å²) in [7, 11) is 0. The van der Waals surface area contributed by atoms with Crippen molar-refractivity contribution in [1.82, 2.24) is 15.6 Å². The van der Waals surface area contributed by atoms with Gasteiger partial charge in [-0.3, -0.25) is 14.8 Å². The number of carbonyl (C=O) groups is 1.